The lowest BCUT2D eigenvalue weighted by Gasteiger charge is -2.12. The average Bonchev–Trinajstić information content (AvgIpc) is 3.99. The molecule has 6 heteroatoms. The van der Waals surface area contributed by atoms with Crippen LogP contribution in [0.4, 0.5) is 0 Å². The first-order chi connectivity index (χ1) is 29.3. The molecule has 59 heavy (non-hydrogen) atoms. The second kappa shape index (κ2) is 13.3. The van der Waals surface area contributed by atoms with Crippen molar-refractivity contribution < 1.29 is 0 Å². The Bertz CT molecular complexity index is 3450. The fraction of sp³-hybridized carbons (Fsp3) is 0. The van der Waals surface area contributed by atoms with Crippen molar-refractivity contribution in [3.63, 3.8) is 0 Å². The molecule has 4 heterocycles. The van der Waals surface area contributed by atoms with Gasteiger partial charge in [-0.25, -0.2) is 15.0 Å². The van der Waals surface area contributed by atoms with E-state index >= 15 is 0 Å². The fourth-order valence-electron chi connectivity index (χ4n) is 8.82. The molecule has 0 radical (unpaired) electrons. The van der Waals surface area contributed by atoms with Crippen molar-refractivity contribution in [3.05, 3.63) is 206 Å². The summed E-state index contributed by atoms with van der Waals surface area (Å²) in [6, 6.07) is 70.5. The summed E-state index contributed by atoms with van der Waals surface area (Å²) < 4.78 is 7.12. The predicted molar refractivity (Wildman–Crippen MR) is 242 cm³/mol. The van der Waals surface area contributed by atoms with E-state index in [1.807, 2.05) is 60.7 Å². The lowest BCUT2D eigenvalue weighted by Crippen LogP contribution is -2.00. The van der Waals surface area contributed by atoms with E-state index in [2.05, 4.69) is 159 Å². The van der Waals surface area contributed by atoms with Gasteiger partial charge in [-0.3, -0.25) is 0 Å². The summed E-state index contributed by atoms with van der Waals surface area (Å²) >= 11 is 0. The maximum absolute atomic E-state index is 5.02. The van der Waals surface area contributed by atoms with Crippen molar-refractivity contribution in [2.75, 3.05) is 0 Å². The topological polar surface area (TPSA) is 53.5 Å². The monoisotopic (exact) mass is 754 g/mol. The second-order valence-corrected chi connectivity index (χ2v) is 14.9. The Balaban J connectivity index is 1.11. The maximum Gasteiger partial charge on any atom is 0.164 e. The molecule has 0 N–H and O–H groups in total. The third-order valence-electron chi connectivity index (χ3n) is 11.5. The largest absolute Gasteiger partial charge is 0.316 e. The van der Waals surface area contributed by atoms with E-state index in [0.29, 0.717) is 17.5 Å². The van der Waals surface area contributed by atoms with Gasteiger partial charge in [-0.05, 0) is 78.9 Å². The van der Waals surface area contributed by atoms with Gasteiger partial charge in [0, 0.05) is 66.9 Å². The van der Waals surface area contributed by atoms with Gasteiger partial charge in [0.2, 0.25) is 0 Å². The van der Waals surface area contributed by atoms with Gasteiger partial charge in [0.25, 0.3) is 0 Å². The number of hydrogen-bond donors (Lipinski definition) is 0. The maximum atomic E-state index is 5.02. The van der Waals surface area contributed by atoms with Crippen molar-refractivity contribution in [1.29, 1.82) is 0 Å². The number of para-hydroxylation sites is 3. The number of benzene rings is 8. The molecule has 276 valence electrons. The lowest BCUT2D eigenvalue weighted by atomic mass is 10.1. The summed E-state index contributed by atoms with van der Waals surface area (Å²) in [4.78, 5) is 15.0. The highest BCUT2D eigenvalue weighted by molar-refractivity contribution is 6.23. The normalized spacial score (nSPS) is 11.7. The Labute approximate surface area is 339 Å². The van der Waals surface area contributed by atoms with Crippen LogP contribution in [0.25, 0.3) is 106 Å². The van der Waals surface area contributed by atoms with Gasteiger partial charge < -0.3 is 13.7 Å². The van der Waals surface area contributed by atoms with E-state index in [4.69, 9.17) is 15.0 Å². The van der Waals surface area contributed by atoms with Crippen molar-refractivity contribution in [3.8, 4) is 51.2 Å². The Morgan fingerprint density at radius 3 is 1.41 bits per heavy atom. The van der Waals surface area contributed by atoms with Crippen LogP contribution in [0.15, 0.2) is 206 Å². The Morgan fingerprint density at radius 2 is 0.780 bits per heavy atom. The molecule has 0 unspecified atom stereocenters. The minimum absolute atomic E-state index is 0.629. The summed E-state index contributed by atoms with van der Waals surface area (Å²) in [5.74, 6) is 1.92. The first-order valence-corrected chi connectivity index (χ1v) is 19.9. The second-order valence-electron chi connectivity index (χ2n) is 14.9. The van der Waals surface area contributed by atoms with Gasteiger partial charge in [-0.15, -0.1) is 0 Å². The van der Waals surface area contributed by atoms with E-state index < -0.39 is 0 Å². The van der Waals surface area contributed by atoms with Crippen LogP contribution in [0, 0.1) is 0 Å². The van der Waals surface area contributed by atoms with Gasteiger partial charge in [-0.1, -0.05) is 121 Å². The van der Waals surface area contributed by atoms with Gasteiger partial charge >= 0.3 is 0 Å². The molecular weight excluding hydrogens is 721 g/mol. The zero-order valence-electron chi connectivity index (χ0n) is 31.8. The standard InChI is InChI=1S/C53H34N6/c1-5-15-35(16-6-1)51-54-52(36-17-7-2-8-18-36)56-53(55-51)37-25-27-40(28-26-37)59-49-33-44-41-23-13-14-24-47(41)58(39-21-11-4-12-22-39)48(44)34-45(49)42-29-30-46-43(50(42)59)31-32-57(46)38-19-9-3-10-20-38/h1-34H. The van der Waals surface area contributed by atoms with E-state index in [1.54, 1.807) is 0 Å². The first kappa shape index (κ1) is 33.1. The zero-order valence-corrected chi connectivity index (χ0v) is 31.8. The molecule has 8 aromatic carbocycles. The molecule has 0 fully saturated rings. The molecule has 0 aliphatic carbocycles. The van der Waals surface area contributed by atoms with E-state index in [0.717, 1.165) is 44.8 Å². The van der Waals surface area contributed by atoms with E-state index in [-0.39, 0.29) is 0 Å². The molecule has 0 saturated heterocycles. The smallest absolute Gasteiger partial charge is 0.164 e. The van der Waals surface area contributed by atoms with Crippen LogP contribution in [-0.4, -0.2) is 28.7 Å². The van der Waals surface area contributed by atoms with Crippen LogP contribution in [0.5, 0.6) is 0 Å². The molecule has 0 aliphatic rings. The van der Waals surface area contributed by atoms with Crippen molar-refractivity contribution in [2.24, 2.45) is 0 Å². The van der Waals surface area contributed by atoms with Crippen LogP contribution >= 0.6 is 0 Å². The molecule has 12 rings (SSSR count). The molecule has 0 aliphatic heterocycles. The van der Waals surface area contributed by atoms with Crippen LogP contribution < -0.4 is 0 Å². The van der Waals surface area contributed by atoms with Gasteiger partial charge in [0.15, 0.2) is 17.5 Å². The molecule has 0 spiro atoms. The molecule has 0 amide bonds. The summed E-state index contributed by atoms with van der Waals surface area (Å²) in [6.07, 6.45) is 2.19. The van der Waals surface area contributed by atoms with Gasteiger partial charge in [-0.2, -0.15) is 0 Å². The summed E-state index contributed by atoms with van der Waals surface area (Å²) in [6.45, 7) is 0. The van der Waals surface area contributed by atoms with Gasteiger partial charge in [0.05, 0.1) is 27.6 Å². The quantitative estimate of drug-likeness (QED) is 0.170. The number of hydrogen-bond acceptors (Lipinski definition) is 3. The highest BCUT2D eigenvalue weighted by Gasteiger charge is 2.21. The third kappa shape index (κ3) is 5.31. The zero-order chi connectivity index (χ0) is 38.9. The Morgan fingerprint density at radius 1 is 0.288 bits per heavy atom. The fourth-order valence-corrected chi connectivity index (χ4v) is 8.82. The summed E-state index contributed by atoms with van der Waals surface area (Å²) in [5.41, 5.74) is 12.0. The third-order valence-corrected chi connectivity index (χ3v) is 11.5. The Hall–Kier alpha value is -8.09. The average molecular weight is 755 g/mol. The highest BCUT2D eigenvalue weighted by Crippen LogP contribution is 2.42. The molecule has 0 saturated carbocycles. The lowest BCUT2D eigenvalue weighted by molar-refractivity contribution is 1.07. The van der Waals surface area contributed by atoms with Crippen molar-refractivity contribution in [1.82, 2.24) is 28.7 Å². The van der Waals surface area contributed by atoms with Crippen LogP contribution in [0.3, 0.4) is 0 Å². The van der Waals surface area contributed by atoms with Crippen LogP contribution in [0.1, 0.15) is 0 Å². The number of nitrogens with zero attached hydrogens (tertiary/aromatic N) is 6. The first-order valence-electron chi connectivity index (χ1n) is 19.9. The summed E-state index contributed by atoms with van der Waals surface area (Å²) in [7, 11) is 0. The molecule has 6 nitrogen and oxygen atoms in total. The SMILES string of the molecule is c1ccc(-c2nc(-c3ccccc3)nc(-c3ccc(-n4c5cc6c7ccccc7n(-c7ccccc7)c6cc5c5ccc6c(ccn6-c6ccccc6)c54)cc3)n2)cc1. The molecule has 12 aromatic rings. The highest BCUT2D eigenvalue weighted by atomic mass is 15.0. The Kier molecular flexibility index (Phi) is 7.43. The molecular formula is C53H34N6. The molecule has 0 atom stereocenters. The van der Waals surface area contributed by atoms with Crippen molar-refractivity contribution in [2.45, 2.75) is 0 Å². The predicted octanol–water partition coefficient (Wildman–Crippen LogP) is 13.0. The van der Waals surface area contributed by atoms with E-state index in [1.165, 1.54) is 43.5 Å². The van der Waals surface area contributed by atoms with Crippen LogP contribution in [-0.2, 0) is 0 Å². The minimum Gasteiger partial charge on any atom is -0.316 e. The van der Waals surface area contributed by atoms with E-state index in [9.17, 15) is 0 Å². The molecule has 0 bridgehead atoms. The molecule has 4 aromatic heterocycles. The number of aromatic nitrogens is 6. The van der Waals surface area contributed by atoms with Crippen molar-refractivity contribution >= 4 is 54.5 Å². The number of fused-ring (bicyclic) bond motifs is 8. The minimum atomic E-state index is 0.629. The summed E-state index contributed by atoms with van der Waals surface area (Å²) in [5, 5.41) is 6.02. The van der Waals surface area contributed by atoms with Gasteiger partial charge in [0.1, 0.15) is 0 Å². The number of rotatable bonds is 6. The van der Waals surface area contributed by atoms with Crippen LogP contribution in [0.2, 0.25) is 0 Å².